The van der Waals surface area contributed by atoms with Crippen LogP contribution < -0.4 is 0 Å². The fourth-order valence-electron chi connectivity index (χ4n) is 3.22. The Hall–Kier alpha value is -1.76. The second kappa shape index (κ2) is 7.23. The highest BCUT2D eigenvalue weighted by atomic mass is 32.2. The molecule has 1 saturated heterocycles. The van der Waals surface area contributed by atoms with Gasteiger partial charge in [-0.3, -0.25) is 4.98 Å². The van der Waals surface area contributed by atoms with Gasteiger partial charge in [0.1, 0.15) is 0 Å². The van der Waals surface area contributed by atoms with E-state index in [-0.39, 0.29) is 6.04 Å². The summed E-state index contributed by atoms with van der Waals surface area (Å²) < 4.78 is 28.0. The van der Waals surface area contributed by atoms with Crippen LogP contribution in [0.15, 0.2) is 42.5 Å². The number of hydrogen-bond donors (Lipinski definition) is 0. The van der Waals surface area contributed by atoms with Crippen molar-refractivity contribution in [3.8, 4) is 0 Å². The maximum Gasteiger partial charge on any atom is 0.282 e. The van der Waals surface area contributed by atoms with Crippen molar-refractivity contribution in [2.24, 2.45) is 0 Å². The van der Waals surface area contributed by atoms with Gasteiger partial charge in [-0.25, -0.2) is 0 Å². The molecule has 0 radical (unpaired) electrons. The van der Waals surface area contributed by atoms with E-state index >= 15 is 0 Å². The first-order chi connectivity index (χ1) is 11.9. The van der Waals surface area contributed by atoms with Crippen LogP contribution in [0.25, 0.3) is 0 Å². The monoisotopic (exact) mass is 359 g/mol. The first-order valence-electron chi connectivity index (χ1n) is 8.58. The van der Waals surface area contributed by atoms with E-state index in [1.807, 2.05) is 18.2 Å². The molecule has 0 N–H and O–H groups in total. The maximum atomic E-state index is 12.5. The molecule has 0 bridgehead atoms. The molecule has 0 spiro atoms. The van der Waals surface area contributed by atoms with Gasteiger partial charge in [0.25, 0.3) is 10.2 Å². The highest BCUT2D eigenvalue weighted by Gasteiger charge is 2.37. The Morgan fingerprint density at radius 3 is 2.56 bits per heavy atom. The molecule has 1 atom stereocenters. The summed E-state index contributed by atoms with van der Waals surface area (Å²) in [7, 11) is -0.273. The van der Waals surface area contributed by atoms with Gasteiger partial charge < -0.3 is 0 Å². The number of aromatic nitrogens is 1. The Bertz CT molecular complexity index is 832. The third-order valence-electron chi connectivity index (χ3n) is 4.64. The number of nitrogens with zero attached hydrogens (tertiary/aromatic N) is 3. The van der Waals surface area contributed by atoms with Gasteiger partial charge in [-0.15, -0.1) is 0 Å². The lowest BCUT2D eigenvalue weighted by atomic mass is 10.1. The molecule has 5 nitrogen and oxygen atoms in total. The average Bonchev–Trinajstić information content (AvgIpc) is 3.07. The SMILES string of the molecule is Cc1ccc(Cc2cccc([C@@H]3CCCN3S(=O)(=O)N(C)C)n2)cc1. The van der Waals surface area contributed by atoms with Gasteiger partial charge >= 0.3 is 0 Å². The van der Waals surface area contributed by atoms with Crippen LogP contribution in [0.1, 0.15) is 41.4 Å². The standard InChI is InChI=1S/C19H25N3O2S/c1-15-9-11-16(12-10-15)14-17-6-4-7-18(20-17)19-8-5-13-22(19)25(23,24)21(2)3/h4,6-7,9-12,19H,5,8,13-14H2,1-3H3/t19-/m0/s1. The molecule has 1 aliphatic heterocycles. The number of pyridine rings is 1. The topological polar surface area (TPSA) is 53.5 Å². The van der Waals surface area contributed by atoms with Gasteiger partial charge in [0, 0.05) is 32.8 Å². The van der Waals surface area contributed by atoms with E-state index in [0.717, 1.165) is 30.7 Å². The van der Waals surface area contributed by atoms with E-state index < -0.39 is 10.2 Å². The van der Waals surface area contributed by atoms with E-state index in [1.165, 1.54) is 15.4 Å². The summed E-state index contributed by atoms with van der Waals surface area (Å²) in [6, 6.07) is 14.2. The molecule has 0 saturated carbocycles. The highest BCUT2D eigenvalue weighted by molar-refractivity contribution is 7.86. The van der Waals surface area contributed by atoms with E-state index in [2.05, 4.69) is 31.2 Å². The molecule has 1 aromatic heterocycles. The third kappa shape index (κ3) is 3.92. The van der Waals surface area contributed by atoms with Crippen LogP contribution >= 0.6 is 0 Å². The summed E-state index contributed by atoms with van der Waals surface area (Å²) in [5.41, 5.74) is 4.25. The maximum absolute atomic E-state index is 12.5. The lowest BCUT2D eigenvalue weighted by molar-refractivity contribution is 0.357. The molecular formula is C19H25N3O2S. The van der Waals surface area contributed by atoms with Crippen LogP contribution in [-0.2, 0) is 16.6 Å². The van der Waals surface area contributed by atoms with Gasteiger partial charge in [0.15, 0.2) is 0 Å². The van der Waals surface area contributed by atoms with Crippen LogP contribution in [0.3, 0.4) is 0 Å². The molecule has 0 unspecified atom stereocenters. The van der Waals surface area contributed by atoms with E-state index in [0.29, 0.717) is 6.54 Å². The summed E-state index contributed by atoms with van der Waals surface area (Å²) in [4.78, 5) is 4.77. The van der Waals surface area contributed by atoms with Crippen molar-refractivity contribution in [3.05, 3.63) is 65.0 Å². The highest BCUT2D eigenvalue weighted by Crippen LogP contribution is 2.34. The molecule has 3 rings (SSSR count). The molecule has 1 aromatic carbocycles. The predicted molar refractivity (Wildman–Crippen MR) is 99.5 cm³/mol. The Kier molecular flexibility index (Phi) is 5.22. The third-order valence-corrected chi connectivity index (χ3v) is 6.59. The number of rotatable bonds is 5. The van der Waals surface area contributed by atoms with E-state index in [9.17, 15) is 8.42 Å². The summed E-state index contributed by atoms with van der Waals surface area (Å²) in [5.74, 6) is 0. The van der Waals surface area contributed by atoms with Crippen LogP contribution in [0.5, 0.6) is 0 Å². The average molecular weight is 359 g/mol. The fourth-order valence-corrected chi connectivity index (χ4v) is 4.53. The van der Waals surface area contributed by atoms with Gasteiger partial charge in [-0.2, -0.15) is 17.0 Å². The summed E-state index contributed by atoms with van der Waals surface area (Å²) >= 11 is 0. The first kappa shape index (κ1) is 18.0. The van der Waals surface area contributed by atoms with Crippen LogP contribution in [0.4, 0.5) is 0 Å². The fraction of sp³-hybridized carbons (Fsp3) is 0.421. The van der Waals surface area contributed by atoms with Gasteiger partial charge in [-0.1, -0.05) is 35.9 Å². The summed E-state index contributed by atoms with van der Waals surface area (Å²) in [6.07, 6.45) is 2.43. The van der Waals surface area contributed by atoms with Crippen molar-refractivity contribution < 1.29 is 8.42 Å². The normalized spacial score (nSPS) is 18.8. The lowest BCUT2D eigenvalue weighted by Gasteiger charge is -2.26. The Morgan fingerprint density at radius 1 is 1.16 bits per heavy atom. The quantitative estimate of drug-likeness (QED) is 0.825. The van der Waals surface area contributed by atoms with Crippen molar-refractivity contribution in [2.75, 3.05) is 20.6 Å². The Morgan fingerprint density at radius 2 is 1.88 bits per heavy atom. The van der Waals surface area contributed by atoms with Crippen molar-refractivity contribution in [2.45, 2.75) is 32.2 Å². The molecule has 1 fully saturated rings. The minimum Gasteiger partial charge on any atom is -0.256 e. The van der Waals surface area contributed by atoms with E-state index in [1.54, 1.807) is 18.4 Å². The summed E-state index contributed by atoms with van der Waals surface area (Å²) in [6.45, 7) is 2.62. The zero-order chi connectivity index (χ0) is 18.0. The van der Waals surface area contributed by atoms with Crippen molar-refractivity contribution in [1.82, 2.24) is 13.6 Å². The molecule has 2 heterocycles. The molecule has 0 amide bonds. The number of aryl methyl sites for hydroxylation is 1. The minimum atomic E-state index is -3.42. The van der Waals surface area contributed by atoms with Crippen LogP contribution in [-0.4, -0.2) is 42.7 Å². The first-order valence-corrected chi connectivity index (χ1v) is 9.98. The molecule has 1 aliphatic rings. The van der Waals surface area contributed by atoms with Crippen LogP contribution in [0.2, 0.25) is 0 Å². The van der Waals surface area contributed by atoms with Gasteiger partial charge in [0.2, 0.25) is 0 Å². The predicted octanol–water partition coefficient (Wildman–Crippen LogP) is 2.92. The molecule has 0 aliphatic carbocycles. The van der Waals surface area contributed by atoms with E-state index in [4.69, 9.17) is 4.98 Å². The molecule has 6 heteroatoms. The number of hydrogen-bond acceptors (Lipinski definition) is 3. The lowest BCUT2D eigenvalue weighted by Crippen LogP contribution is -2.39. The Labute approximate surface area is 150 Å². The molecule has 134 valence electrons. The Balaban J connectivity index is 1.84. The van der Waals surface area contributed by atoms with Gasteiger partial charge in [-0.05, 0) is 37.5 Å². The number of benzene rings is 1. The second-order valence-corrected chi connectivity index (χ2v) is 8.87. The zero-order valence-corrected chi connectivity index (χ0v) is 15.8. The second-order valence-electron chi connectivity index (χ2n) is 6.78. The molecule has 2 aromatic rings. The largest absolute Gasteiger partial charge is 0.282 e. The molecular weight excluding hydrogens is 334 g/mol. The van der Waals surface area contributed by atoms with Gasteiger partial charge in [0.05, 0.1) is 11.7 Å². The van der Waals surface area contributed by atoms with Crippen molar-refractivity contribution in [1.29, 1.82) is 0 Å². The minimum absolute atomic E-state index is 0.176. The van der Waals surface area contributed by atoms with Crippen LogP contribution in [0, 0.1) is 6.92 Å². The van der Waals surface area contributed by atoms with Crippen molar-refractivity contribution >= 4 is 10.2 Å². The zero-order valence-electron chi connectivity index (χ0n) is 15.0. The smallest absolute Gasteiger partial charge is 0.256 e. The summed E-state index contributed by atoms with van der Waals surface area (Å²) in [5, 5.41) is 0. The van der Waals surface area contributed by atoms with Crippen molar-refractivity contribution in [3.63, 3.8) is 0 Å². The molecule has 25 heavy (non-hydrogen) atoms.